The predicted octanol–water partition coefficient (Wildman–Crippen LogP) is 3.85. The molecule has 0 aliphatic heterocycles. The van der Waals surface area contributed by atoms with Crippen molar-refractivity contribution < 1.29 is 9.59 Å². The van der Waals surface area contributed by atoms with E-state index >= 15 is 0 Å². The minimum atomic E-state index is -0.218. The molecule has 0 radical (unpaired) electrons. The van der Waals surface area contributed by atoms with Gasteiger partial charge in [0.2, 0.25) is 5.91 Å². The molecule has 0 aliphatic rings. The number of fused-ring (bicyclic) bond motifs is 3. The fourth-order valence-corrected chi connectivity index (χ4v) is 4.90. The molecule has 3 aromatic rings. The quantitative estimate of drug-likeness (QED) is 0.704. The molecule has 0 saturated carbocycles. The molecule has 0 saturated heterocycles. The largest absolute Gasteiger partial charge is 0.301 e. The fraction of sp³-hybridized carbons (Fsp3) is 0.231. The van der Waals surface area contributed by atoms with Crippen LogP contribution in [0.4, 0.5) is 5.13 Å². The molecule has 3 rings (SSSR count). The molecule has 5 nitrogen and oxygen atoms in total. The van der Waals surface area contributed by atoms with Crippen molar-refractivity contribution in [1.29, 1.82) is 0 Å². The Morgan fingerprint density at radius 2 is 1.86 bits per heavy atom. The lowest BCUT2D eigenvalue weighted by atomic mass is 10.3. The SMILES string of the molecule is CSc1nc2ccc3nc(NC(=O)CSC(C)=O)sc3c2s1. The van der Waals surface area contributed by atoms with E-state index in [0.717, 1.165) is 36.5 Å². The number of amides is 1. The van der Waals surface area contributed by atoms with E-state index in [-0.39, 0.29) is 16.8 Å². The Kier molecular flexibility index (Phi) is 4.67. The van der Waals surface area contributed by atoms with E-state index in [1.54, 1.807) is 23.1 Å². The summed E-state index contributed by atoms with van der Waals surface area (Å²) in [5.74, 6) is -0.109. The highest BCUT2D eigenvalue weighted by Crippen LogP contribution is 2.37. The molecular formula is C13H11N3O2S4. The normalized spacial score (nSPS) is 11.2. The zero-order valence-corrected chi connectivity index (χ0v) is 15.0. The van der Waals surface area contributed by atoms with Gasteiger partial charge >= 0.3 is 0 Å². The highest BCUT2D eigenvalue weighted by molar-refractivity contribution is 8.14. The maximum absolute atomic E-state index is 11.8. The van der Waals surface area contributed by atoms with Crippen LogP contribution in [-0.2, 0) is 9.59 Å². The summed E-state index contributed by atoms with van der Waals surface area (Å²) in [4.78, 5) is 31.6. The van der Waals surface area contributed by atoms with Crippen LogP contribution in [-0.4, -0.2) is 33.0 Å². The van der Waals surface area contributed by atoms with Gasteiger partial charge in [0.05, 0.1) is 26.2 Å². The van der Waals surface area contributed by atoms with E-state index in [9.17, 15) is 9.59 Å². The summed E-state index contributed by atoms with van der Waals surface area (Å²) in [5.41, 5.74) is 1.80. The molecule has 2 heterocycles. The van der Waals surface area contributed by atoms with Crippen molar-refractivity contribution in [3.8, 4) is 0 Å². The Balaban J connectivity index is 1.89. The first-order valence-corrected chi connectivity index (χ1v) is 10.1. The number of benzene rings is 1. The van der Waals surface area contributed by atoms with Crippen molar-refractivity contribution in [3.63, 3.8) is 0 Å². The third kappa shape index (κ3) is 3.27. The molecule has 0 fully saturated rings. The van der Waals surface area contributed by atoms with Gasteiger partial charge in [-0.15, -0.1) is 11.3 Å². The van der Waals surface area contributed by atoms with Gasteiger partial charge in [0.1, 0.15) is 0 Å². The average Bonchev–Trinajstić information content (AvgIpc) is 3.07. The van der Waals surface area contributed by atoms with Crippen molar-refractivity contribution in [2.45, 2.75) is 11.3 Å². The summed E-state index contributed by atoms with van der Waals surface area (Å²) < 4.78 is 3.14. The van der Waals surface area contributed by atoms with Crippen LogP contribution in [0.5, 0.6) is 0 Å². The number of hydrogen-bond acceptors (Lipinski definition) is 8. The van der Waals surface area contributed by atoms with Crippen molar-refractivity contribution in [2.24, 2.45) is 0 Å². The van der Waals surface area contributed by atoms with Gasteiger partial charge in [0.25, 0.3) is 0 Å². The maximum atomic E-state index is 11.8. The van der Waals surface area contributed by atoms with E-state index in [1.807, 2.05) is 18.4 Å². The van der Waals surface area contributed by atoms with Crippen LogP contribution in [0.2, 0.25) is 0 Å². The van der Waals surface area contributed by atoms with Gasteiger partial charge in [0, 0.05) is 6.92 Å². The summed E-state index contributed by atoms with van der Waals surface area (Å²) >= 11 is 5.68. The molecule has 0 spiro atoms. The number of hydrogen-bond donors (Lipinski definition) is 1. The Hall–Kier alpha value is -1.16. The topological polar surface area (TPSA) is 72.0 Å². The van der Waals surface area contributed by atoms with Crippen molar-refractivity contribution in [2.75, 3.05) is 17.3 Å². The van der Waals surface area contributed by atoms with Gasteiger partial charge in [0.15, 0.2) is 14.6 Å². The highest BCUT2D eigenvalue weighted by atomic mass is 32.2. The lowest BCUT2D eigenvalue weighted by Gasteiger charge is -1.98. The standard InChI is InChI=1S/C13H11N3O2S4/c1-6(17)20-5-9(18)16-12-14-7-3-4-8-11(10(7)21-12)22-13(15-8)19-2/h3-4H,5H2,1-2H3,(H,14,16,18). The second-order valence-corrected chi connectivity index (χ2v) is 8.50. The Labute approximate surface area is 142 Å². The molecule has 1 amide bonds. The molecule has 9 heteroatoms. The molecule has 0 bridgehead atoms. The smallest absolute Gasteiger partial charge is 0.236 e. The molecule has 114 valence electrons. The zero-order chi connectivity index (χ0) is 15.7. The molecule has 0 unspecified atom stereocenters. The number of carbonyl (C=O) groups is 2. The molecule has 2 aromatic heterocycles. The van der Waals surface area contributed by atoms with Crippen LogP contribution in [0.1, 0.15) is 6.92 Å². The van der Waals surface area contributed by atoms with Gasteiger partial charge in [-0.1, -0.05) is 34.9 Å². The summed E-state index contributed by atoms with van der Waals surface area (Å²) in [7, 11) is 0. The Bertz CT molecular complexity index is 871. The molecule has 0 aliphatic carbocycles. The third-order valence-corrected chi connectivity index (χ3v) is 6.74. The van der Waals surface area contributed by atoms with Crippen LogP contribution >= 0.6 is 46.2 Å². The lowest BCUT2D eigenvalue weighted by Crippen LogP contribution is -2.14. The molecule has 1 aromatic carbocycles. The first kappa shape index (κ1) is 15.7. The summed E-state index contributed by atoms with van der Waals surface area (Å²) in [6, 6.07) is 3.86. The number of carbonyl (C=O) groups excluding carboxylic acids is 2. The van der Waals surface area contributed by atoms with Crippen molar-refractivity contribution in [1.82, 2.24) is 9.97 Å². The van der Waals surface area contributed by atoms with Gasteiger partial charge < -0.3 is 5.32 Å². The lowest BCUT2D eigenvalue weighted by molar-refractivity contribution is -0.114. The van der Waals surface area contributed by atoms with Crippen LogP contribution in [0.3, 0.4) is 0 Å². The monoisotopic (exact) mass is 369 g/mol. The van der Waals surface area contributed by atoms with Gasteiger partial charge in [-0.25, -0.2) is 9.97 Å². The van der Waals surface area contributed by atoms with Crippen molar-refractivity contribution >= 4 is 82.8 Å². The fourth-order valence-electron chi connectivity index (χ4n) is 1.82. The van der Waals surface area contributed by atoms with Crippen LogP contribution in [0, 0.1) is 0 Å². The van der Waals surface area contributed by atoms with Gasteiger partial charge in [-0.2, -0.15) is 0 Å². The average molecular weight is 370 g/mol. The number of nitrogens with zero attached hydrogens (tertiary/aromatic N) is 2. The van der Waals surface area contributed by atoms with Crippen LogP contribution < -0.4 is 5.32 Å². The number of anilines is 1. The zero-order valence-electron chi connectivity index (χ0n) is 11.7. The first-order valence-electron chi connectivity index (χ1n) is 6.24. The summed E-state index contributed by atoms with van der Waals surface area (Å²) in [6.07, 6.45) is 2.00. The number of thioether (sulfide) groups is 2. The van der Waals surface area contributed by atoms with Crippen molar-refractivity contribution in [3.05, 3.63) is 12.1 Å². The van der Waals surface area contributed by atoms with E-state index in [4.69, 9.17) is 0 Å². The van der Waals surface area contributed by atoms with Crippen LogP contribution in [0.15, 0.2) is 16.5 Å². The van der Waals surface area contributed by atoms with Gasteiger partial charge in [-0.3, -0.25) is 9.59 Å². The van der Waals surface area contributed by atoms with E-state index < -0.39 is 0 Å². The first-order chi connectivity index (χ1) is 10.6. The molecule has 1 N–H and O–H groups in total. The second-order valence-electron chi connectivity index (χ2n) is 4.29. The Morgan fingerprint density at radius 1 is 1.18 bits per heavy atom. The molecular weight excluding hydrogens is 358 g/mol. The number of rotatable bonds is 4. The van der Waals surface area contributed by atoms with Crippen LogP contribution in [0.25, 0.3) is 20.4 Å². The van der Waals surface area contributed by atoms with E-state index in [2.05, 4.69) is 15.3 Å². The Morgan fingerprint density at radius 3 is 2.55 bits per heavy atom. The minimum absolute atomic E-state index is 0.0737. The molecule has 0 atom stereocenters. The third-order valence-electron chi connectivity index (χ3n) is 2.72. The highest BCUT2D eigenvalue weighted by Gasteiger charge is 2.13. The number of aromatic nitrogens is 2. The minimum Gasteiger partial charge on any atom is -0.301 e. The predicted molar refractivity (Wildman–Crippen MR) is 96.3 cm³/mol. The molecule has 22 heavy (non-hydrogen) atoms. The maximum Gasteiger partial charge on any atom is 0.236 e. The second kappa shape index (κ2) is 6.53. The number of thiazole rings is 2. The summed E-state index contributed by atoms with van der Waals surface area (Å²) in [6.45, 7) is 1.44. The van der Waals surface area contributed by atoms with E-state index in [1.165, 1.54) is 18.3 Å². The number of nitrogens with one attached hydrogen (secondary N) is 1. The summed E-state index contributed by atoms with van der Waals surface area (Å²) in [5, 5.41) is 3.22. The van der Waals surface area contributed by atoms with E-state index in [0.29, 0.717) is 5.13 Å². The van der Waals surface area contributed by atoms with Gasteiger partial charge in [-0.05, 0) is 18.4 Å².